The highest BCUT2D eigenvalue weighted by atomic mass is 16.3. The van der Waals surface area contributed by atoms with Crippen LogP contribution in [0.2, 0.25) is 0 Å². The summed E-state index contributed by atoms with van der Waals surface area (Å²) in [4.78, 5) is 25.5. The fraction of sp³-hybridized carbons (Fsp3) is 0.700. The number of hydrogen-bond donors (Lipinski definition) is 2. The van der Waals surface area contributed by atoms with Crippen molar-refractivity contribution in [3.8, 4) is 0 Å². The number of allylic oxidation sites excluding steroid dienone is 3. The van der Waals surface area contributed by atoms with Crippen LogP contribution in [0.4, 0.5) is 0 Å². The molecule has 0 heterocycles. The van der Waals surface area contributed by atoms with E-state index in [0.29, 0.717) is 19.3 Å². The zero-order valence-electron chi connectivity index (χ0n) is 15.6. The Kier molecular flexibility index (Phi) is 7.56. The molecule has 4 nitrogen and oxygen atoms in total. The van der Waals surface area contributed by atoms with Crippen LogP contribution in [-0.4, -0.2) is 33.5 Å². The van der Waals surface area contributed by atoms with Gasteiger partial charge in [-0.2, -0.15) is 0 Å². The first kappa shape index (κ1) is 20.8. The highest BCUT2D eigenvalue weighted by Crippen LogP contribution is 2.34. The van der Waals surface area contributed by atoms with Gasteiger partial charge in [0.15, 0.2) is 17.2 Å². The first-order chi connectivity index (χ1) is 11.1. The molecule has 0 saturated heterocycles. The maximum atomic E-state index is 12.8. The molecule has 0 bridgehead atoms. The summed E-state index contributed by atoms with van der Waals surface area (Å²) in [6, 6.07) is 0. The summed E-state index contributed by atoms with van der Waals surface area (Å²) < 4.78 is 0. The first-order valence-corrected chi connectivity index (χ1v) is 8.98. The van der Waals surface area contributed by atoms with Crippen molar-refractivity contribution in [2.75, 3.05) is 0 Å². The minimum absolute atomic E-state index is 0.115. The zero-order valence-corrected chi connectivity index (χ0v) is 15.6. The number of rotatable bonds is 8. The van der Waals surface area contributed by atoms with Crippen molar-refractivity contribution >= 4 is 11.6 Å². The van der Waals surface area contributed by atoms with E-state index in [9.17, 15) is 19.8 Å². The van der Waals surface area contributed by atoms with Gasteiger partial charge in [0.2, 0.25) is 0 Å². The van der Waals surface area contributed by atoms with Crippen molar-refractivity contribution in [2.24, 2.45) is 11.8 Å². The molecule has 1 aliphatic rings. The van der Waals surface area contributed by atoms with E-state index in [4.69, 9.17) is 0 Å². The third-order valence-electron chi connectivity index (χ3n) is 4.55. The van der Waals surface area contributed by atoms with E-state index >= 15 is 0 Å². The maximum Gasteiger partial charge on any atom is 0.200 e. The van der Waals surface area contributed by atoms with Crippen LogP contribution < -0.4 is 0 Å². The van der Waals surface area contributed by atoms with Crippen molar-refractivity contribution in [1.29, 1.82) is 0 Å². The van der Waals surface area contributed by atoms with E-state index in [2.05, 4.69) is 0 Å². The molecule has 2 N–H and O–H groups in total. The van der Waals surface area contributed by atoms with Gasteiger partial charge in [-0.25, -0.2) is 0 Å². The van der Waals surface area contributed by atoms with Crippen molar-refractivity contribution in [3.63, 3.8) is 0 Å². The fourth-order valence-corrected chi connectivity index (χ4v) is 2.99. The van der Waals surface area contributed by atoms with Gasteiger partial charge in [0.05, 0.1) is 6.10 Å². The molecule has 1 aliphatic carbocycles. The number of ketones is 2. The SMILES string of the molecule is CCCC(O)C1=CC(CC=C(C)C)C(=O)[C@](O)(CCC(C)C)C1=O. The Morgan fingerprint density at radius 2 is 1.92 bits per heavy atom. The number of aliphatic hydroxyl groups excluding tert-OH is 1. The number of carbonyl (C=O) groups excluding carboxylic acids is 2. The molecular weight excluding hydrogens is 304 g/mol. The van der Waals surface area contributed by atoms with Gasteiger partial charge in [-0.1, -0.05) is 44.9 Å². The van der Waals surface area contributed by atoms with E-state index in [-0.39, 0.29) is 17.9 Å². The summed E-state index contributed by atoms with van der Waals surface area (Å²) in [6.45, 7) is 9.79. The minimum Gasteiger partial charge on any atom is -0.388 e. The molecule has 136 valence electrons. The summed E-state index contributed by atoms with van der Waals surface area (Å²) in [7, 11) is 0. The average molecular weight is 336 g/mol. The third-order valence-corrected chi connectivity index (χ3v) is 4.55. The molecule has 0 amide bonds. The van der Waals surface area contributed by atoms with E-state index in [0.717, 1.165) is 12.0 Å². The van der Waals surface area contributed by atoms with Gasteiger partial charge in [-0.05, 0) is 45.4 Å². The fourth-order valence-electron chi connectivity index (χ4n) is 2.99. The van der Waals surface area contributed by atoms with E-state index in [1.54, 1.807) is 6.08 Å². The molecule has 0 radical (unpaired) electrons. The molecule has 0 aromatic rings. The quantitative estimate of drug-likeness (QED) is 0.526. The molecule has 0 aromatic carbocycles. The highest BCUT2D eigenvalue weighted by Gasteiger charge is 2.50. The largest absolute Gasteiger partial charge is 0.388 e. The predicted octanol–water partition coefficient (Wildman–Crippen LogP) is 3.37. The highest BCUT2D eigenvalue weighted by molar-refractivity contribution is 6.20. The Hall–Kier alpha value is -1.26. The minimum atomic E-state index is -2.00. The lowest BCUT2D eigenvalue weighted by Gasteiger charge is -2.35. The van der Waals surface area contributed by atoms with Crippen LogP contribution in [0.3, 0.4) is 0 Å². The summed E-state index contributed by atoms with van der Waals surface area (Å²) in [5, 5.41) is 21.2. The van der Waals surface area contributed by atoms with Crippen molar-refractivity contribution in [2.45, 2.75) is 78.4 Å². The Morgan fingerprint density at radius 1 is 1.29 bits per heavy atom. The standard InChI is InChI=1S/C20H32O4/c1-6-7-17(21)16-12-15(9-8-13(2)3)18(22)20(24,19(16)23)11-10-14(4)5/h8,12,14-15,17,21,24H,6-7,9-11H2,1-5H3/t15?,17?,20-/m1/s1. The van der Waals surface area contributed by atoms with Crippen LogP contribution in [0.25, 0.3) is 0 Å². The van der Waals surface area contributed by atoms with Crippen LogP contribution >= 0.6 is 0 Å². The summed E-state index contributed by atoms with van der Waals surface area (Å²) in [5.41, 5.74) is -0.715. The van der Waals surface area contributed by atoms with E-state index < -0.39 is 29.2 Å². The number of carbonyl (C=O) groups is 2. The molecule has 3 atom stereocenters. The lowest BCUT2D eigenvalue weighted by Crippen LogP contribution is -2.54. The van der Waals surface area contributed by atoms with E-state index in [1.807, 2.05) is 40.7 Å². The van der Waals surface area contributed by atoms with Gasteiger partial charge in [0.1, 0.15) is 0 Å². The molecular formula is C20H32O4. The number of Topliss-reactive ketones (excluding diaryl/α,β-unsaturated/α-hetero) is 2. The predicted molar refractivity (Wildman–Crippen MR) is 95.6 cm³/mol. The molecule has 0 saturated carbocycles. The van der Waals surface area contributed by atoms with Crippen LogP contribution in [0.1, 0.15) is 66.7 Å². The van der Waals surface area contributed by atoms with Crippen LogP contribution in [-0.2, 0) is 9.59 Å². The molecule has 2 unspecified atom stereocenters. The molecule has 0 aliphatic heterocycles. The van der Waals surface area contributed by atoms with Gasteiger partial charge < -0.3 is 10.2 Å². The topological polar surface area (TPSA) is 74.6 Å². The second kappa shape index (κ2) is 8.72. The number of hydrogen-bond acceptors (Lipinski definition) is 4. The molecule has 1 rings (SSSR count). The Morgan fingerprint density at radius 3 is 2.42 bits per heavy atom. The lowest BCUT2D eigenvalue weighted by atomic mass is 9.71. The molecule has 24 heavy (non-hydrogen) atoms. The van der Waals surface area contributed by atoms with Crippen molar-refractivity contribution in [3.05, 3.63) is 23.3 Å². The van der Waals surface area contributed by atoms with Gasteiger partial charge in [-0.15, -0.1) is 0 Å². The molecule has 0 fully saturated rings. The Bertz CT molecular complexity index is 526. The summed E-state index contributed by atoms with van der Waals surface area (Å²) >= 11 is 0. The zero-order chi connectivity index (χ0) is 18.5. The molecule has 0 aromatic heterocycles. The van der Waals surface area contributed by atoms with Gasteiger partial charge >= 0.3 is 0 Å². The molecule has 0 spiro atoms. The molecule has 4 heteroatoms. The van der Waals surface area contributed by atoms with Gasteiger partial charge in [-0.3, -0.25) is 9.59 Å². The first-order valence-electron chi connectivity index (χ1n) is 8.98. The normalized spacial score (nSPS) is 25.7. The average Bonchev–Trinajstić information content (AvgIpc) is 2.50. The second-order valence-electron chi connectivity index (χ2n) is 7.54. The summed E-state index contributed by atoms with van der Waals surface area (Å²) in [5.74, 6) is -1.32. The summed E-state index contributed by atoms with van der Waals surface area (Å²) in [6.07, 6.45) is 4.90. The van der Waals surface area contributed by atoms with Crippen molar-refractivity contribution in [1.82, 2.24) is 0 Å². The second-order valence-corrected chi connectivity index (χ2v) is 7.54. The smallest absolute Gasteiger partial charge is 0.200 e. The van der Waals surface area contributed by atoms with Gasteiger partial charge in [0.25, 0.3) is 0 Å². The lowest BCUT2D eigenvalue weighted by molar-refractivity contribution is -0.153. The van der Waals surface area contributed by atoms with E-state index in [1.165, 1.54) is 0 Å². The van der Waals surface area contributed by atoms with Gasteiger partial charge in [0, 0.05) is 11.5 Å². The monoisotopic (exact) mass is 336 g/mol. The number of aliphatic hydroxyl groups is 2. The van der Waals surface area contributed by atoms with Crippen LogP contribution in [0.15, 0.2) is 23.3 Å². The third kappa shape index (κ3) is 4.87. The maximum absolute atomic E-state index is 12.8. The van der Waals surface area contributed by atoms with Crippen LogP contribution in [0.5, 0.6) is 0 Å². The Balaban J connectivity index is 3.22. The van der Waals surface area contributed by atoms with Crippen LogP contribution in [0, 0.1) is 11.8 Å². The Labute approximate surface area is 145 Å². The van der Waals surface area contributed by atoms with Crippen molar-refractivity contribution < 1.29 is 19.8 Å².